The Labute approximate surface area is 79.0 Å². The van der Waals surface area contributed by atoms with Crippen molar-refractivity contribution in [3.8, 4) is 0 Å². The molecule has 1 rings (SSSR count). The molecule has 62 valence electrons. The molecule has 1 aliphatic heterocycles. The summed E-state index contributed by atoms with van der Waals surface area (Å²) in [5, 5.41) is 10.3. The van der Waals surface area contributed by atoms with Crippen LogP contribution in [0.1, 0.15) is 6.92 Å². The van der Waals surface area contributed by atoms with Gasteiger partial charge in [0.2, 0.25) is 0 Å². The van der Waals surface area contributed by atoms with Crippen LogP contribution in [0.15, 0.2) is 21.7 Å². The topological polar surface area (TPSA) is 23.5 Å². The van der Waals surface area contributed by atoms with Crippen molar-refractivity contribution >= 4 is 27.7 Å². The summed E-state index contributed by atoms with van der Waals surface area (Å²) in [5.74, 6) is 1.04. The maximum atomic E-state index is 9.15. The Morgan fingerprint density at radius 1 is 1.82 bits per heavy atom. The first-order chi connectivity index (χ1) is 5.22. The molecule has 0 bridgehead atoms. The molecule has 0 atom stereocenters. The molecule has 0 spiro atoms. The highest BCUT2D eigenvalue weighted by molar-refractivity contribution is 9.11. The fraction of sp³-hybridized carbons (Fsp3) is 0.429. The summed E-state index contributed by atoms with van der Waals surface area (Å²) in [6, 6.07) is 0. The molecular weight excluding hydrogens is 226 g/mol. The van der Waals surface area contributed by atoms with Gasteiger partial charge in [-0.1, -0.05) is 6.92 Å². The number of nitrogens with zero attached hydrogens (tertiary/aromatic N) is 1. The molecule has 0 amide bonds. The molecule has 0 aromatic heterocycles. The normalized spacial score (nSPS) is 17.9. The van der Waals surface area contributed by atoms with Crippen LogP contribution in [0.5, 0.6) is 0 Å². The van der Waals surface area contributed by atoms with Crippen molar-refractivity contribution in [3.05, 3.63) is 21.7 Å². The van der Waals surface area contributed by atoms with E-state index in [1.807, 2.05) is 6.08 Å². The fourth-order valence-electron chi connectivity index (χ4n) is 0.857. The van der Waals surface area contributed by atoms with Gasteiger partial charge in [-0.05, 0) is 27.8 Å². The van der Waals surface area contributed by atoms with Crippen molar-refractivity contribution in [3.63, 3.8) is 0 Å². The third-order valence-corrected chi connectivity index (χ3v) is 2.56. The Morgan fingerprint density at radius 3 is 3.09 bits per heavy atom. The number of hydroxylamine groups is 2. The number of hydrogen-bond acceptors (Lipinski definition) is 3. The molecule has 2 nitrogen and oxygen atoms in total. The van der Waals surface area contributed by atoms with Crippen LogP contribution in [-0.4, -0.2) is 22.6 Å². The summed E-state index contributed by atoms with van der Waals surface area (Å²) < 4.78 is 0.919. The number of allylic oxidation sites excluding steroid dienone is 2. The second-order valence-electron chi connectivity index (χ2n) is 2.16. The quantitative estimate of drug-likeness (QED) is 0.797. The van der Waals surface area contributed by atoms with Crippen molar-refractivity contribution in [1.29, 1.82) is 0 Å². The Balaban J connectivity index is 2.60. The molecule has 0 fully saturated rings. The summed E-state index contributed by atoms with van der Waals surface area (Å²) in [6.45, 7) is 2.70. The van der Waals surface area contributed by atoms with Crippen molar-refractivity contribution in [2.45, 2.75) is 6.92 Å². The van der Waals surface area contributed by atoms with E-state index in [-0.39, 0.29) is 0 Å². The molecule has 11 heavy (non-hydrogen) atoms. The number of halogens is 1. The van der Waals surface area contributed by atoms with E-state index in [0.29, 0.717) is 6.54 Å². The third-order valence-electron chi connectivity index (χ3n) is 1.22. The van der Waals surface area contributed by atoms with Gasteiger partial charge in [0.25, 0.3) is 0 Å². The van der Waals surface area contributed by atoms with Crippen LogP contribution in [0, 0.1) is 0 Å². The molecule has 1 heterocycles. The lowest BCUT2D eigenvalue weighted by atomic mass is 10.4. The van der Waals surface area contributed by atoms with Crippen LogP contribution in [0.25, 0.3) is 0 Å². The molecular formula is C7H10BrNOS. The average molecular weight is 236 g/mol. The van der Waals surface area contributed by atoms with Gasteiger partial charge in [0.05, 0.1) is 6.54 Å². The zero-order valence-electron chi connectivity index (χ0n) is 6.25. The second kappa shape index (κ2) is 4.18. The van der Waals surface area contributed by atoms with Gasteiger partial charge in [0.15, 0.2) is 0 Å². The van der Waals surface area contributed by atoms with Crippen molar-refractivity contribution in [2.24, 2.45) is 0 Å². The van der Waals surface area contributed by atoms with E-state index >= 15 is 0 Å². The highest BCUT2D eigenvalue weighted by Crippen LogP contribution is 2.24. The van der Waals surface area contributed by atoms with Crippen molar-refractivity contribution < 1.29 is 5.21 Å². The second-order valence-corrected chi connectivity index (χ2v) is 4.46. The Kier molecular flexibility index (Phi) is 3.48. The fourth-order valence-corrected chi connectivity index (χ4v) is 2.33. The van der Waals surface area contributed by atoms with Gasteiger partial charge in [-0.15, -0.1) is 11.8 Å². The van der Waals surface area contributed by atoms with E-state index in [1.165, 1.54) is 9.97 Å². The Bertz CT molecular complexity index is 203. The minimum Gasteiger partial charge on any atom is -0.289 e. The Morgan fingerprint density at radius 2 is 2.55 bits per heavy atom. The summed E-state index contributed by atoms with van der Waals surface area (Å²) in [4.78, 5) is 1.18. The van der Waals surface area contributed by atoms with Gasteiger partial charge in [-0.2, -0.15) is 0 Å². The first-order valence-corrected chi connectivity index (χ1v) is 5.16. The molecule has 4 heteroatoms. The molecule has 1 N–H and O–H groups in total. The first kappa shape index (κ1) is 9.16. The van der Waals surface area contributed by atoms with E-state index in [2.05, 4.69) is 22.9 Å². The molecule has 0 aromatic rings. The maximum Gasteiger partial charge on any atom is 0.0756 e. The SMILES string of the molecule is CCSC1=CC(Br)=CN(O)C1. The van der Waals surface area contributed by atoms with E-state index < -0.39 is 0 Å². The molecule has 0 aromatic carbocycles. The summed E-state index contributed by atoms with van der Waals surface area (Å²) in [6.07, 6.45) is 3.68. The van der Waals surface area contributed by atoms with Crippen LogP contribution >= 0.6 is 27.7 Å². The first-order valence-electron chi connectivity index (χ1n) is 3.38. The molecule has 0 saturated heterocycles. The Hall–Kier alpha value is 0.0700. The summed E-state index contributed by atoms with van der Waals surface area (Å²) in [5.41, 5.74) is 0. The minimum absolute atomic E-state index is 0.605. The summed E-state index contributed by atoms with van der Waals surface area (Å²) in [7, 11) is 0. The zero-order chi connectivity index (χ0) is 8.27. The van der Waals surface area contributed by atoms with Gasteiger partial charge in [-0.25, -0.2) is 0 Å². The van der Waals surface area contributed by atoms with Crippen molar-refractivity contribution in [1.82, 2.24) is 5.06 Å². The lowest BCUT2D eigenvalue weighted by molar-refractivity contribution is -0.0312. The van der Waals surface area contributed by atoms with Crippen LogP contribution in [-0.2, 0) is 0 Å². The molecule has 0 saturated carbocycles. The number of thioether (sulfide) groups is 1. The van der Waals surface area contributed by atoms with Crippen LogP contribution < -0.4 is 0 Å². The highest BCUT2D eigenvalue weighted by Gasteiger charge is 2.07. The van der Waals surface area contributed by atoms with Crippen LogP contribution in [0.2, 0.25) is 0 Å². The molecule has 1 aliphatic rings. The van der Waals surface area contributed by atoms with Gasteiger partial charge in [-0.3, -0.25) is 10.3 Å². The number of hydrogen-bond donors (Lipinski definition) is 1. The zero-order valence-corrected chi connectivity index (χ0v) is 8.65. The van der Waals surface area contributed by atoms with Crippen LogP contribution in [0.4, 0.5) is 0 Å². The van der Waals surface area contributed by atoms with E-state index in [4.69, 9.17) is 5.21 Å². The van der Waals surface area contributed by atoms with Gasteiger partial charge in [0, 0.05) is 15.6 Å². The molecule has 0 radical (unpaired) electrons. The predicted molar refractivity (Wildman–Crippen MR) is 51.7 cm³/mol. The van der Waals surface area contributed by atoms with Gasteiger partial charge < -0.3 is 0 Å². The maximum absolute atomic E-state index is 9.15. The largest absolute Gasteiger partial charge is 0.289 e. The van der Waals surface area contributed by atoms with Crippen LogP contribution in [0.3, 0.4) is 0 Å². The standard InChI is InChI=1S/C7H10BrNOS/c1-2-11-7-3-6(8)4-9(10)5-7/h3-4,10H,2,5H2,1H3. The van der Waals surface area contributed by atoms with Crippen molar-refractivity contribution in [2.75, 3.05) is 12.3 Å². The van der Waals surface area contributed by atoms with E-state index in [9.17, 15) is 0 Å². The lowest BCUT2D eigenvalue weighted by Crippen LogP contribution is -2.17. The molecule has 0 aliphatic carbocycles. The van der Waals surface area contributed by atoms with Gasteiger partial charge >= 0.3 is 0 Å². The van der Waals surface area contributed by atoms with E-state index in [1.54, 1.807) is 18.0 Å². The number of rotatable bonds is 2. The molecule has 0 unspecified atom stereocenters. The lowest BCUT2D eigenvalue weighted by Gasteiger charge is -2.18. The minimum atomic E-state index is 0.605. The van der Waals surface area contributed by atoms with E-state index in [0.717, 1.165) is 10.2 Å². The van der Waals surface area contributed by atoms with Gasteiger partial charge in [0.1, 0.15) is 0 Å². The predicted octanol–water partition coefficient (Wildman–Crippen LogP) is 2.56. The summed E-state index contributed by atoms with van der Waals surface area (Å²) >= 11 is 5.06. The monoisotopic (exact) mass is 235 g/mol. The highest BCUT2D eigenvalue weighted by atomic mass is 79.9. The smallest absolute Gasteiger partial charge is 0.0756 e. The average Bonchev–Trinajstić information content (AvgIpc) is 1.85. The third kappa shape index (κ3) is 2.89.